The van der Waals surface area contributed by atoms with E-state index in [-0.39, 0.29) is 42.0 Å². The molecule has 2 aromatic heterocycles. The predicted octanol–water partition coefficient (Wildman–Crippen LogP) is 4.69. The van der Waals surface area contributed by atoms with Crippen molar-refractivity contribution >= 4 is 36.8 Å². The number of fused-ring (bicyclic) bond motifs is 1. The molecule has 0 radical (unpaired) electrons. The topological polar surface area (TPSA) is 172 Å². The number of anilines is 1. The Labute approximate surface area is 254 Å². The van der Waals surface area contributed by atoms with Gasteiger partial charge in [-0.2, -0.15) is 10.2 Å². The van der Waals surface area contributed by atoms with Gasteiger partial charge >= 0.3 is 13.7 Å². The second-order valence-electron chi connectivity index (χ2n) is 10.3. The van der Waals surface area contributed by atoms with Crippen molar-refractivity contribution in [2.24, 2.45) is 5.92 Å². The van der Waals surface area contributed by atoms with Crippen molar-refractivity contribution in [1.29, 1.82) is 0 Å². The Hall–Kier alpha value is -2.87. The number of carbonyl (C=O) groups is 1. The molecule has 1 aromatic carbocycles. The lowest BCUT2D eigenvalue weighted by atomic mass is 9.99. The van der Waals surface area contributed by atoms with Gasteiger partial charge < -0.3 is 24.8 Å². The fourth-order valence-corrected chi connectivity index (χ4v) is 5.66. The van der Waals surface area contributed by atoms with Crippen molar-refractivity contribution in [3.05, 3.63) is 47.5 Å². The molecule has 0 fully saturated rings. The summed E-state index contributed by atoms with van der Waals surface area (Å²) in [6.45, 7) is 7.14. The molecule has 0 saturated carbocycles. The van der Waals surface area contributed by atoms with Crippen molar-refractivity contribution in [2.75, 3.05) is 25.6 Å². The summed E-state index contributed by atoms with van der Waals surface area (Å²) in [5, 5.41) is 16.9. The summed E-state index contributed by atoms with van der Waals surface area (Å²) < 4.78 is 53.5. The van der Waals surface area contributed by atoms with Gasteiger partial charge in [-0.25, -0.2) is 23.4 Å². The maximum Gasteiger partial charge on any atom is 0.459 e. The van der Waals surface area contributed by atoms with Gasteiger partial charge in [0.1, 0.15) is 24.2 Å². The highest BCUT2D eigenvalue weighted by molar-refractivity contribution is 7.52. The van der Waals surface area contributed by atoms with Gasteiger partial charge in [-0.15, -0.1) is 0 Å². The van der Waals surface area contributed by atoms with Gasteiger partial charge in [0.2, 0.25) is 0 Å². The Kier molecular flexibility index (Phi) is 12.3. The molecule has 3 rings (SSSR count). The molecular formula is C27H39ClFN6O7P. The average Bonchev–Trinajstić information content (AvgIpc) is 3.41. The van der Waals surface area contributed by atoms with Crippen LogP contribution in [0, 0.1) is 5.92 Å². The van der Waals surface area contributed by atoms with E-state index in [1.165, 1.54) is 48.2 Å². The molecular weight excluding hydrogens is 606 g/mol. The van der Waals surface area contributed by atoms with Crippen LogP contribution in [0.4, 0.5) is 10.2 Å². The average molecular weight is 645 g/mol. The van der Waals surface area contributed by atoms with Gasteiger partial charge in [0.05, 0.1) is 37.8 Å². The molecule has 2 heterocycles. The smallest absolute Gasteiger partial charge is 0.459 e. The standard InChI is InChI=1S/C27H39ClFN6O7P/c1-6-19(7-2)14-39-26(37)18(4)34-43(38,42-21-10-8-20(28)9-11-21)40-13-17(3)41-23(27(5,29)15-36)22-12-31-25-24(30)32-16-33-35(22)25/h8-12,16-19,23,36H,6-7,13-15H2,1-5H3,(H,34,38)(H2,30,32,33). The third kappa shape index (κ3) is 9.31. The van der Waals surface area contributed by atoms with E-state index in [9.17, 15) is 14.5 Å². The van der Waals surface area contributed by atoms with Crippen LogP contribution < -0.4 is 15.3 Å². The zero-order valence-electron chi connectivity index (χ0n) is 24.8. The quantitative estimate of drug-likeness (QED) is 0.137. The molecule has 0 spiro atoms. The second-order valence-corrected chi connectivity index (χ2v) is 12.5. The molecule has 0 aliphatic carbocycles. The summed E-state index contributed by atoms with van der Waals surface area (Å²) in [4.78, 5) is 20.7. The molecule has 238 valence electrons. The lowest BCUT2D eigenvalue weighted by Gasteiger charge is -2.31. The first-order valence-corrected chi connectivity index (χ1v) is 15.8. The molecule has 0 saturated heterocycles. The van der Waals surface area contributed by atoms with Crippen LogP contribution in [0.25, 0.3) is 5.65 Å². The number of esters is 1. The van der Waals surface area contributed by atoms with Crippen LogP contribution in [0.3, 0.4) is 0 Å². The summed E-state index contributed by atoms with van der Waals surface area (Å²) in [6.07, 6.45) is 1.86. The van der Waals surface area contributed by atoms with Crippen molar-refractivity contribution in [3.8, 4) is 5.75 Å². The second kappa shape index (κ2) is 15.2. The summed E-state index contributed by atoms with van der Waals surface area (Å²) >= 11 is 5.96. The number of rotatable bonds is 17. The van der Waals surface area contributed by atoms with E-state index >= 15 is 4.39 Å². The van der Waals surface area contributed by atoms with E-state index < -0.39 is 44.2 Å². The summed E-state index contributed by atoms with van der Waals surface area (Å²) in [6, 6.07) is 4.98. The largest absolute Gasteiger partial charge is 0.464 e. The molecule has 0 aliphatic rings. The van der Waals surface area contributed by atoms with Gasteiger partial charge in [0.15, 0.2) is 17.1 Å². The molecule has 13 nitrogen and oxygen atoms in total. The number of nitrogens with one attached hydrogen (secondary N) is 1. The van der Waals surface area contributed by atoms with Gasteiger partial charge in [-0.1, -0.05) is 38.3 Å². The molecule has 5 atom stereocenters. The lowest BCUT2D eigenvalue weighted by Crippen LogP contribution is -2.38. The lowest BCUT2D eigenvalue weighted by molar-refractivity contribution is -0.146. The zero-order chi connectivity index (χ0) is 31.8. The first-order valence-electron chi connectivity index (χ1n) is 13.9. The van der Waals surface area contributed by atoms with Gasteiger partial charge in [0, 0.05) is 5.02 Å². The van der Waals surface area contributed by atoms with E-state index in [2.05, 4.69) is 20.2 Å². The number of aliphatic hydroxyl groups excluding tert-OH is 1. The summed E-state index contributed by atoms with van der Waals surface area (Å²) in [5.74, 6) is -0.208. The minimum atomic E-state index is -4.25. The van der Waals surface area contributed by atoms with Crippen molar-refractivity contribution in [2.45, 2.75) is 71.4 Å². The van der Waals surface area contributed by atoms with Crippen LogP contribution >= 0.6 is 19.3 Å². The van der Waals surface area contributed by atoms with Crippen LogP contribution in [0.1, 0.15) is 59.3 Å². The Balaban J connectivity index is 1.78. The highest BCUT2D eigenvalue weighted by Gasteiger charge is 2.40. The first kappa shape index (κ1) is 34.6. The maximum atomic E-state index is 15.6. The zero-order valence-corrected chi connectivity index (χ0v) is 26.4. The number of alkyl halides is 1. The molecule has 43 heavy (non-hydrogen) atoms. The molecule has 3 aromatic rings. The SMILES string of the molecule is CCC(CC)COC(=O)C(C)NP(=O)(OCC(C)OC(c1cnc2c(N)ncnn12)C(C)(F)CO)Oc1ccc(Cl)cc1. The Morgan fingerprint density at radius 3 is 2.51 bits per heavy atom. The van der Waals surface area contributed by atoms with E-state index in [1.807, 2.05) is 13.8 Å². The maximum absolute atomic E-state index is 15.6. The number of ether oxygens (including phenoxy) is 2. The number of hydrogen-bond acceptors (Lipinski definition) is 11. The highest BCUT2D eigenvalue weighted by atomic mass is 35.5. The van der Waals surface area contributed by atoms with Crippen LogP contribution in [-0.4, -0.2) is 68.3 Å². The van der Waals surface area contributed by atoms with E-state index in [0.29, 0.717) is 5.02 Å². The fraction of sp³-hybridized carbons (Fsp3) is 0.556. The number of aliphatic hydroxyl groups is 1. The van der Waals surface area contributed by atoms with Gasteiger partial charge in [-0.05, 0) is 51.0 Å². The Bertz CT molecular complexity index is 1390. The Morgan fingerprint density at radius 2 is 1.88 bits per heavy atom. The monoisotopic (exact) mass is 644 g/mol. The van der Waals surface area contributed by atoms with Crippen molar-refractivity contribution < 1.29 is 37.4 Å². The number of carbonyl (C=O) groups excluding carboxylic acids is 1. The van der Waals surface area contributed by atoms with Crippen LogP contribution in [0.2, 0.25) is 5.02 Å². The number of nitrogen functional groups attached to an aromatic ring is 1. The first-order chi connectivity index (χ1) is 20.3. The Morgan fingerprint density at radius 1 is 1.21 bits per heavy atom. The molecule has 4 N–H and O–H groups in total. The number of halogens is 2. The molecule has 5 unspecified atom stereocenters. The van der Waals surface area contributed by atoms with E-state index in [4.69, 9.17) is 35.9 Å². The minimum Gasteiger partial charge on any atom is -0.464 e. The van der Waals surface area contributed by atoms with Crippen molar-refractivity contribution in [1.82, 2.24) is 24.7 Å². The highest BCUT2D eigenvalue weighted by Crippen LogP contribution is 2.45. The molecule has 0 amide bonds. The molecule has 0 aliphatic heterocycles. The normalized spacial score (nSPS) is 16.8. The van der Waals surface area contributed by atoms with Crippen LogP contribution in [-0.2, 0) is 23.4 Å². The molecule has 16 heteroatoms. The van der Waals surface area contributed by atoms with Gasteiger partial charge in [-0.3, -0.25) is 9.32 Å². The van der Waals surface area contributed by atoms with Crippen LogP contribution in [0.5, 0.6) is 5.75 Å². The van der Waals surface area contributed by atoms with E-state index in [1.54, 1.807) is 6.92 Å². The number of benzene rings is 1. The number of imidazole rings is 1. The number of hydrogen-bond donors (Lipinski definition) is 3. The number of nitrogens with two attached hydrogens (primary N) is 1. The fourth-order valence-electron chi connectivity index (χ4n) is 3.97. The third-order valence-corrected chi connectivity index (χ3v) is 8.59. The number of aromatic nitrogens is 4. The van der Waals surface area contributed by atoms with Crippen molar-refractivity contribution in [3.63, 3.8) is 0 Å². The van der Waals surface area contributed by atoms with E-state index in [0.717, 1.165) is 19.8 Å². The molecule has 0 bridgehead atoms. The van der Waals surface area contributed by atoms with Crippen LogP contribution in [0.15, 0.2) is 36.8 Å². The third-order valence-electron chi connectivity index (χ3n) is 6.69. The summed E-state index contributed by atoms with van der Waals surface area (Å²) in [7, 11) is -4.25. The summed E-state index contributed by atoms with van der Waals surface area (Å²) in [5.41, 5.74) is 3.90. The van der Waals surface area contributed by atoms with Gasteiger partial charge in [0.25, 0.3) is 0 Å². The number of nitrogens with zero attached hydrogens (tertiary/aromatic N) is 4. The minimum absolute atomic E-state index is 0.0693. The predicted molar refractivity (Wildman–Crippen MR) is 158 cm³/mol.